The van der Waals surface area contributed by atoms with Crippen molar-refractivity contribution in [1.82, 2.24) is 0 Å². The van der Waals surface area contributed by atoms with E-state index >= 15 is 0 Å². The molecular formula is C10H24O4S4. The van der Waals surface area contributed by atoms with Gasteiger partial charge in [0.25, 0.3) is 0 Å². The van der Waals surface area contributed by atoms with Crippen molar-refractivity contribution in [3.63, 3.8) is 0 Å². The monoisotopic (exact) mass is 336 g/mol. The average Bonchev–Trinajstić information content (AvgIpc) is 2.46. The van der Waals surface area contributed by atoms with Crippen LogP contribution < -0.4 is 0 Å². The van der Waals surface area contributed by atoms with Crippen LogP contribution in [0.5, 0.6) is 0 Å². The van der Waals surface area contributed by atoms with Gasteiger partial charge in [0.1, 0.15) is 0 Å². The van der Waals surface area contributed by atoms with Crippen LogP contribution in [-0.4, -0.2) is 62.4 Å². The molecule has 0 aliphatic carbocycles. The SMILES string of the molecule is COC(OC)(OC)OC.CSC(SC)(SC)SC. The summed E-state index contributed by atoms with van der Waals surface area (Å²) in [5.41, 5.74) is 0. The summed E-state index contributed by atoms with van der Waals surface area (Å²) in [5.74, 6) is 0. The fraction of sp³-hybridized carbons (Fsp3) is 1.00. The second kappa shape index (κ2) is 12.0. The Bertz CT molecular complexity index is 132. The Morgan fingerprint density at radius 3 is 0.778 bits per heavy atom. The molecule has 0 saturated heterocycles. The quantitative estimate of drug-likeness (QED) is 0.625. The summed E-state index contributed by atoms with van der Waals surface area (Å²) in [7, 11) is 5.71. The maximum absolute atomic E-state index is 4.72. The molecule has 0 rings (SSSR count). The molecule has 0 aromatic rings. The summed E-state index contributed by atoms with van der Waals surface area (Å²) in [6.45, 7) is 0. The zero-order valence-electron chi connectivity index (χ0n) is 12.3. The van der Waals surface area contributed by atoms with E-state index in [9.17, 15) is 0 Å². The van der Waals surface area contributed by atoms with Gasteiger partial charge in [-0.15, -0.1) is 47.0 Å². The standard InChI is InChI=1S/C5H12O4.C5H12S4/c2*1-6-5(7-2,8-3)9-4/h2*1-4H3. The number of ether oxygens (including phenoxy) is 4. The summed E-state index contributed by atoms with van der Waals surface area (Å²) in [6.07, 6.45) is 7.29. The Hall–Kier alpha value is 1.24. The fourth-order valence-electron chi connectivity index (χ4n) is 1.00. The zero-order chi connectivity index (χ0) is 14.7. The van der Waals surface area contributed by atoms with Gasteiger partial charge in [-0.1, -0.05) is 0 Å². The van der Waals surface area contributed by atoms with Gasteiger partial charge in [0.15, 0.2) is 2.74 Å². The minimum absolute atomic E-state index is 0.333. The molecule has 0 radical (unpaired) electrons. The van der Waals surface area contributed by atoms with E-state index in [1.807, 2.05) is 47.0 Å². The third kappa shape index (κ3) is 7.14. The summed E-state index contributed by atoms with van der Waals surface area (Å²) >= 11 is 7.62. The first-order valence-electron chi connectivity index (χ1n) is 4.90. The fourth-order valence-corrected chi connectivity index (χ4v) is 5.00. The second-order valence-corrected chi connectivity index (χ2v) is 8.27. The molecule has 0 N–H and O–H groups in total. The Morgan fingerprint density at radius 1 is 0.556 bits per heavy atom. The normalized spacial score (nSPS) is 12.0. The number of thioether (sulfide) groups is 4. The van der Waals surface area contributed by atoms with Crippen molar-refractivity contribution in [2.75, 3.05) is 53.5 Å². The van der Waals surface area contributed by atoms with E-state index in [0.717, 1.165) is 0 Å². The van der Waals surface area contributed by atoms with E-state index in [0.29, 0.717) is 2.74 Å². The van der Waals surface area contributed by atoms with Gasteiger partial charge in [-0.2, -0.15) is 0 Å². The molecule has 0 fully saturated rings. The summed E-state index contributed by atoms with van der Waals surface area (Å²) in [4.78, 5) is 0. The molecule has 0 spiro atoms. The molecule has 0 amide bonds. The minimum atomic E-state index is -1.33. The molecule has 0 atom stereocenters. The van der Waals surface area contributed by atoms with Crippen LogP contribution in [-0.2, 0) is 18.9 Å². The van der Waals surface area contributed by atoms with Crippen LogP contribution in [0.3, 0.4) is 0 Å². The lowest BCUT2D eigenvalue weighted by molar-refractivity contribution is -0.472. The van der Waals surface area contributed by atoms with Crippen LogP contribution in [0.4, 0.5) is 0 Å². The van der Waals surface area contributed by atoms with E-state index in [2.05, 4.69) is 25.0 Å². The third-order valence-corrected chi connectivity index (χ3v) is 10.0. The van der Waals surface area contributed by atoms with Crippen molar-refractivity contribution in [2.24, 2.45) is 0 Å². The van der Waals surface area contributed by atoms with Crippen LogP contribution in [0.25, 0.3) is 0 Å². The molecule has 0 bridgehead atoms. The van der Waals surface area contributed by atoms with Crippen LogP contribution >= 0.6 is 47.0 Å². The van der Waals surface area contributed by atoms with Crippen molar-refractivity contribution in [1.29, 1.82) is 0 Å². The van der Waals surface area contributed by atoms with Gasteiger partial charge in [0.05, 0.1) is 0 Å². The van der Waals surface area contributed by atoms with Crippen molar-refractivity contribution in [3.8, 4) is 0 Å². The summed E-state index contributed by atoms with van der Waals surface area (Å²) < 4.78 is 19.2. The highest BCUT2D eigenvalue weighted by atomic mass is 32.3. The molecule has 0 aliphatic heterocycles. The molecule has 0 aliphatic rings. The van der Waals surface area contributed by atoms with Crippen LogP contribution in [0.2, 0.25) is 0 Å². The van der Waals surface area contributed by atoms with Gasteiger partial charge < -0.3 is 18.9 Å². The molecule has 112 valence electrons. The van der Waals surface area contributed by atoms with Crippen LogP contribution in [0.15, 0.2) is 0 Å². The number of rotatable bonds is 8. The predicted molar refractivity (Wildman–Crippen MR) is 87.6 cm³/mol. The van der Waals surface area contributed by atoms with Gasteiger partial charge in [-0.05, 0) is 25.0 Å². The first kappa shape index (κ1) is 21.5. The van der Waals surface area contributed by atoms with E-state index in [-0.39, 0.29) is 0 Å². The predicted octanol–water partition coefficient (Wildman–Crippen LogP) is 3.23. The van der Waals surface area contributed by atoms with Gasteiger partial charge in [-0.25, -0.2) is 0 Å². The number of hydrogen-bond donors (Lipinski definition) is 0. The molecular weight excluding hydrogens is 312 g/mol. The van der Waals surface area contributed by atoms with E-state index in [4.69, 9.17) is 18.9 Å². The molecule has 0 aromatic heterocycles. The number of hydrogen-bond acceptors (Lipinski definition) is 8. The van der Waals surface area contributed by atoms with Gasteiger partial charge in [0, 0.05) is 28.4 Å². The number of methoxy groups -OCH3 is 4. The van der Waals surface area contributed by atoms with Crippen molar-refractivity contribution < 1.29 is 18.9 Å². The van der Waals surface area contributed by atoms with E-state index in [1.165, 1.54) is 28.4 Å². The van der Waals surface area contributed by atoms with Crippen molar-refractivity contribution in [3.05, 3.63) is 0 Å². The summed E-state index contributed by atoms with van der Waals surface area (Å²) in [5, 5.41) is 0. The van der Waals surface area contributed by atoms with Crippen molar-refractivity contribution in [2.45, 2.75) is 8.90 Å². The largest absolute Gasteiger partial charge is 0.411 e. The molecule has 0 unspecified atom stereocenters. The average molecular weight is 337 g/mol. The molecule has 8 heteroatoms. The highest BCUT2D eigenvalue weighted by Crippen LogP contribution is 2.50. The molecule has 0 aromatic carbocycles. The molecule has 0 heterocycles. The zero-order valence-corrected chi connectivity index (χ0v) is 15.5. The smallest absolute Gasteiger partial charge is 0.307 e. The molecule has 18 heavy (non-hydrogen) atoms. The third-order valence-electron chi connectivity index (χ3n) is 2.00. The Morgan fingerprint density at radius 2 is 0.778 bits per heavy atom. The topological polar surface area (TPSA) is 36.9 Å². The lowest BCUT2D eigenvalue weighted by atomic mass is 11.0. The minimum Gasteiger partial charge on any atom is -0.307 e. The lowest BCUT2D eigenvalue weighted by Crippen LogP contribution is -2.37. The van der Waals surface area contributed by atoms with Crippen LogP contribution in [0, 0.1) is 0 Å². The van der Waals surface area contributed by atoms with E-state index in [1.54, 1.807) is 0 Å². The highest BCUT2D eigenvalue weighted by Gasteiger charge is 2.28. The first-order valence-corrected chi connectivity index (χ1v) is 9.80. The van der Waals surface area contributed by atoms with Crippen molar-refractivity contribution >= 4 is 47.0 Å². The van der Waals surface area contributed by atoms with Gasteiger partial charge in [-0.3, -0.25) is 0 Å². The molecule has 0 saturated carbocycles. The highest BCUT2D eigenvalue weighted by molar-refractivity contribution is 8.47. The lowest BCUT2D eigenvalue weighted by Gasteiger charge is -2.25. The van der Waals surface area contributed by atoms with Crippen LogP contribution in [0.1, 0.15) is 0 Å². The first-order chi connectivity index (χ1) is 8.49. The Labute approximate surface area is 128 Å². The Kier molecular flexibility index (Phi) is 14.4. The van der Waals surface area contributed by atoms with Gasteiger partial charge >= 0.3 is 6.16 Å². The van der Waals surface area contributed by atoms with Gasteiger partial charge in [0.2, 0.25) is 0 Å². The van der Waals surface area contributed by atoms with E-state index < -0.39 is 6.16 Å². The molecule has 4 nitrogen and oxygen atoms in total. The summed E-state index contributed by atoms with van der Waals surface area (Å²) in [6, 6.07) is 0. The Balaban J connectivity index is 0. The maximum Gasteiger partial charge on any atom is 0.411 e. The second-order valence-electron chi connectivity index (χ2n) is 2.63. The maximum atomic E-state index is 4.72.